The van der Waals surface area contributed by atoms with Gasteiger partial charge < -0.3 is 0 Å². The number of nitrogens with zero attached hydrogens (tertiary/aromatic N) is 2. The molecule has 0 fully saturated rings. The van der Waals surface area contributed by atoms with E-state index in [4.69, 9.17) is 23.2 Å². The van der Waals surface area contributed by atoms with Crippen LogP contribution in [0.15, 0.2) is 64.7 Å². The lowest BCUT2D eigenvalue weighted by Crippen LogP contribution is -2.08. The number of carbonyl (C=O) groups excluding carboxylic acids is 1. The summed E-state index contributed by atoms with van der Waals surface area (Å²) in [7, 11) is 0. The summed E-state index contributed by atoms with van der Waals surface area (Å²) in [5.74, 6) is -0.173. The molecule has 0 radical (unpaired) electrons. The number of hydrogen-bond donors (Lipinski definition) is 1. The quantitative estimate of drug-likeness (QED) is 0.271. The van der Waals surface area contributed by atoms with Crippen LogP contribution in [0.2, 0.25) is 10.0 Å². The molecule has 0 amide bonds. The number of aromatic nitrogens is 1. The molecule has 0 bridgehead atoms. The van der Waals surface area contributed by atoms with Crippen molar-refractivity contribution in [2.45, 2.75) is 11.8 Å². The largest absolute Gasteiger partial charge is 0.292 e. The number of para-hydroxylation sites is 2. The Morgan fingerprint density at radius 3 is 2.48 bits per heavy atom. The fourth-order valence-electron chi connectivity index (χ4n) is 2.15. The summed E-state index contributed by atoms with van der Waals surface area (Å²) in [6.07, 6.45) is 1.72. The number of carbonyl (C=O) groups is 1. The first kappa shape index (κ1) is 17.7. The van der Waals surface area contributed by atoms with E-state index in [2.05, 4.69) is 15.5 Å². The number of halogens is 2. The summed E-state index contributed by atoms with van der Waals surface area (Å²) >= 11 is 13.5. The van der Waals surface area contributed by atoms with Crippen LogP contribution < -0.4 is 5.43 Å². The number of thioether (sulfide) groups is 1. The van der Waals surface area contributed by atoms with Crippen LogP contribution in [0.4, 0.5) is 5.69 Å². The van der Waals surface area contributed by atoms with Crippen LogP contribution in [0, 0.1) is 0 Å². The van der Waals surface area contributed by atoms with Gasteiger partial charge in [-0.25, -0.2) is 0 Å². The highest BCUT2D eigenvalue weighted by Crippen LogP contribution is 2.31. The third kappa shape index (κ3) is 4.12. The second-order valence-electron chi connectivity index (χ2n) is 5.11. The first-order chi connectivity index (χ1) is 12.1. The topological polar surface area (TPSA) is 54.4 Å². The van der Waals surface area contributed by atoms with Crippen molar-refractivity contribution in [1.82, 2.24) is 4.98 Å². The van der Waals surface area contributed by atoms with Crippen LogP contribution >= 0.6 is 35.0 Å². The summed E-state index contributed by atoms with van der Waals surface area (Å²) in [6, 6.07) is 14.8. The predicted octanol–water partition coefficient (Wildman–Crippen LogP) is 5.65. The molecule has 1 heterocycles. The minimum Gasteiger partial charge on any atom is -0.292 e. The summed E-state index contributed by atoms with van der Waals surface area (Å²) in [5.41, 5.74) is 4.07. The monoisotopic (exact) mass is 389 g/mol. The minimum absolute atomic E-state index is 0.173. The van der Waals surface area contributed by atoms with E-state index >= 15 is 0 Å². The molecule has 3 rings (SSSR count). The number of hydrazone groups is 1. The van der Waals surface area contributed by atoms with E-state index in [1.165, 1.54) is 18.7 Å². The van der Waals surface area contributed by atoms with Crippen molar-refractivity contribution in [1.29, 1.82) is 0 Å². The van der Waals surface area contributed by atoms with Crippen LogP contribution in [0.1, 0.15) is 6.92 Å². The van der Waals surface area contributed by atoms with Crippen LogP contribution in [0.5, 0.6) is 0 Å². The number of anilines is 1. The van der Waals surface area contributed by atoms with Gasteiger partial charge >= 0.3 is 0 Å². The molecule has 0 aliphatic rings. The molecular formula is C18H13Cl2N3OS. The Labute approximate surface area is 159 Å². The van der Waals surface area contributed by atoms with Gasteiger partial charge in [0.15, 0.2) is 10.8 Å². The van der Waals surface area contributed by atoms with Crippen LogP contribution in [-0.4, -0.2) is 15.8 Å². The summed E-state index contributed by atoms with van der Waals surface area (Å²) < 4.78 is 0. The van der Waals surface area contributed by atoms with Gasteiger partial charge in [-0.3, -0.25) is 15.2 Å². The van der Waals surface area contributed by atoms with Gasteiger partial charge in [-0.15, -0.1) is 0 Å². The molecule has 4 nitrogen and oxygen atoms in total. The third-order valence-electron chi connectivity index (χ3n) is 3.34. The van der Waals surface area contributed by atoms with E-state index < -0.39 is 0 Å². The average Bonchev–Trinajstić information content (AvgIpc) is 2.60. The maximum atomic E-state index is 12.0. The average molecular weight is 390 g/mol. The Hall–Kier alpha value is -2.08. The minimum atomic E-state index is -0.173. The van der Waals surface area contributed by atoms with Crippen molar-refractivity contribution in [2.24, 2.45) is 5.10 Å². The lowest BCUT2D eigenvalue weighted by atomic mass is 10.2. The molecule has 1 aromatic heterocycles. The summed E-state index contributed by atoms with van der Waals surface area (Å²) in [6.45, 7) is 1.46. The standard InChI is InChI=1S/C18H13Cl2N3OS/c1-11(24)18(23-22-17-13(19)7-3-8-14(17)20)25-15-9-2-5-12-6-4-10-21-16(12)15/h2-10,22H,1H3. The predicted molar refractivity (Wildman–Crippen MR) is 106 cm³/mol. The van der Waals surface area contributed by atoms with Gasteiger partial charge in [0.1, 0.15) is 0 Å². The van der Waals surface area contributed by atoms with E-state index in [0.717, 1.165) is 15.8 Å². The normalized spacial score (nSPS) is 11.6. The molecule has 0 saturated heterocycles. The number of Topliss-reactive ketones (excluding diaryl/α,β-unsaturated/α-hetero) is 1. The molecule has 1 N–H and O–H groups in total. The zero-order chi connectivity index (χ0) is 17.8. The van der Waals surface area contributed by atoms with E-state index in [9.17, 15) is 4.79 Å². The number of benzene rings is 2. The van der Waals surface area contributed by atoms with Gasteiger partial charge in [0, 0.05) is 23.4 Å². The molecule has 0 saturated carbocycles. The zero-order valence-corrected chi connectivity index (χ0v) is 15.5. The molecular weight excluding hydrogens is 377 g/mol. The van der Waals surface area contributed by atoms with Gasteiger partial charge in [0.2, 0.25) is 0 Å². The molecule has 0 aliphatic heterocycles. The van der Waals surface area contributed by atoms with Gasteiger partial charge in [-0.2, -0.15) is 5.10 Å². The van der Waals surface area contributed by atoms with Gasteiger partial charge in [0.25, 0.3) is 0 Å². The number of ketones is 1. The van der Waals surface area contributed by atoms with Crippen molar-refractivity contribution in [2.75, 3.05) is 5.43 Å². The third-order valence-corrected chi connectivity index (χ3v) is 5.09. The molecule has 0 aliphatic carbocycles. The molecule has 2 aromatic carbocycles. The van der Waals surface area contributed by atoms with E-state index in [0.29, 0.717) is 15.7 Å². The summed E-state index contributed by atoms with van der Waals surface area (Å²) in [4.78, 5) is 17.2. The van der Waals surface area contributed by atoms with Crippen molar-refractivity contribution < 1.29 is 4.79 Å². The van der Waals surface area contributed by atoms with Gasteiger partial charge in [-0.05, 0) is 24.3 Å². The lowest BCUT2D eigenvalue weighted by Gasteiger charge is -2.09. The zero-order valence-electron chi connectivity index (χ0n) is 13.2. The lowest BCUT2D eigenvalue weighted by molar-refractivity contribution is -0.110. The Kier molecular flexibility index (Phi) is 5.58. The Balaban J connectivity index is 1.92. The highest BCUT2D eigenvalue weighted by molar-refractivity contribution is 8.15. The van der Waals surface area contributed by atoms with Crippen LogP contribution in [0.25, 0.3) is 10.9 Å². The molecule has 0 spiro atoms. The second-order valence-corrected chi connectivity index (χ2v) is 6.96. The number of pyridine rings is 1. The maximum absolute atomic E-state index is 12.0. The molecule has 0 atom stereocenters. The number of fused-ring (bicyclic) bond motifs is 1. The van der Waals surface area contributed by atoms with E-state index in [-0.39, 0.29) is 10.8 Å². The van der Waals surface area contributed by atoms with Gasteiger partial charge in [0.05, 0.1) is 21.2 Å². The number of nitrogens with one attached hydrogen (secondary N) is 1. The van der Waals surface area contributed by atoms with Crippen molar-refractivity contribution in [3.8, 4) is 0 Å². The van der Waals surface area contributed by atoms with Gasteiger partial charge in [-0.1, -0.05) is 59.2 Å². The Morgan fingerprint density at radius 2 is 1.76 bits per heavy atom. The summed E-state index contributed by atoms with van der Waals surface area (Å²) in [5, 5.41) is 6.34. The molecule has 7 heteroatoms. The smallest absolute Gasteiger partial charge is 0.186 e. The fraction of sp³-hybridized carbons (Fsp3) is 0.0556. The Bertz CT molecular complexity index is 950. The van der Waals surface area contributed by atoms with Crippen LogP contribution in [0.3, 0.4) is 0 Å². The number of rotatable bonds is 4. The van der Waals surface area contributed by atoms with Crippen LogP contribution in [-0.2, 0) is 4.79 Å². The van der Waals surface area contributed by atoms with E-state index in [1.54, 1.807) is 24.4 Å². The highest BCUT2D eigenvalue weighted by atomic mass is 35.5. The molecule has 3 aromatic rings. The maximum Gasteiger partial charge on any atom is 0.186 e. The molecule has 25 heavy (non-hydrogen) atoms. The molecule has 0 unspecified atom stereocenters. The fourth-order valence-corrected chi connectivity index (χ4v) is 3.49. The first-order valence-electron chi connectivity index (χ1n) is 7.36. The van der Waals surface area contributed by atoms with E-state index in [1.807, 2.05) is 30.3 Å². The number of hydrogen-bond acceptors (Lipinski definition) is 5. The van der Waals surface area contributed by atoms with Crippen molar-refractivity contribution in [3.63, 3.8) is 0 Å². The highest BCUT2D eigenvalue weighted by Gasteiger charge is 2.13. The van der Waals surface area contributed by atoms with Crippen molar-refractivity contribution >= 4 is 62.4 Å². The second kappa shape index (κ2) is 7.87. The first-order valence-corrected chi connectivity index (χ1v) is 8.94. The molecule has 126 valence electrons. The van der Waals surface area contributed by atoms with Crippen molar-refractivity contribution in [3.05, 3.63) is 64.8 Å². The Morgan fingerprint density at radius 1 is 1.08 bits per heavy atom. The SMILES string of the molecule is CC(=O)C(=NNc1c(Cl)cccc1Cl)Sc1cccc2cccnc12.